The molecule has 0 saturated heterocycles. The molecule has 1 amide bonds. The normalized spacial score (nSPS) is 12.0. The fourth-order valence-corrected chi connectivity index (χ4v) is 1.53. The van der Waals surface area contributed by atoms with Gasteiger partial charge >= 0.3 is 11.5 Å². The summed E-state index contributed by atoms with van der Waals surface area (Å²) in [5, 5.41) is 8.37. The monoisotopic (exact) mass is 341 g/mol. The smallest absolute Gasteiger partial charge is 0.417 e. The van der Waals surface area contributed by atoms with Crippen LogP contribution in [0.15, 0.2) is 24.0 Å². The maximum absolute atomic E-state index is 12.4. The van der Waals surface area contributed by atoms with E-state index in [1.807, 2.05) is 0 Å². The second kappa shape index (κ2) is 6.77. The summed E-state index contributed by atoms with van der Waals surface area (Å²) in [6, 6.07) is 0.633. The van der Waals surface area contributed by atoms with Gasteiger partial charge in [-0.2, -0.15) is 13.2 Å². The number of allylic oxidation sites excluding steroid dienone is 1. The van der Waals surface area contributed by atoms with Crippen molar-refractivity contribution in [3.05, 3.63) is 34.6 Å². The van der Waals surface area contributed by atoms with Crippen molar-refractivity contribution in [2.24, 2.45) is 0 Å². The van der Waals surface area contributed by atoms with E-state index in [0.717, 1.165) is 6.08 Å². The van der Waals surface area contributed by atoms with Crippen molar-refractivity contribution < 1.29 is 22.7 Å². The van der Waals surface area contributed by atoms with E-state index in [1.165, 1.54) is 6.92 Å². The molecule has 0 saturated carbocycles. The molecule has 0 fully saturated rings. The number of carbonyl (C=O) groups is 1. The van der Waals surface area contributed by atoms with Crippen LogP contribution in [0, 0.1) is 5.41 Å². The van der Waals surface area contributed by atoms with E-state index < -0.39 is 28.0 Å². The van der Waals surface area contributed by atoms with Gasteiger partial charge in [0.2, 0.25) is 11.8 Å². The Morgan fingerprint density at radius 1 is 1.52 bits per heavy atom. The minimum absolute atomic E-state index is 0.197. The molecule has 0 aromatic carbocycles. The first-order valence-corrected chi connectivity index (χ1v) is 5.99. The van der Waals surface area contributed by atoms with Crippen LogP contribution in [0.25, 0.3) is 0 Å². The molecule has 0 atom stereocenters. The highest BCUT2D eigenvalue weighted by molar-refractivity contribution is 6.63. The van der Waals surface area contributed by atoms with Crippen molar-refractivity contribution >= 4 is 34.5 Å². The van der Waals surface area contributed by atoms with Crippen LogP contribution < -0.4 is 10.1 Å². The van der Waals surface area contributed by atoms with Crippen molar-refractivity contribution in [2.75, 3.05) is 0 Å². The van der Waals surface area contributed by atoms with Gasteiger partial charge in [-0.25, -0.2) is 4.98 Å². The number of nitrogens with zero attached hydrogens (tertiary/aromatic N) is 1. The zero-order chi connectivity index (χ0) is 16.2. The average Bonchev–Trinajstić information content (AvgIpc) is 2.28. The second-order valence-electron chi connectivity index (χ2n) is 3.70. The van der Waals surface area contributed by atoms with E-state index in [0.29, 0.717) is 12.3 Å². The minimum atomic E-state index is -4.58. The molecular weight excluding hydrogens is 334 g/mol. The predicted octanol–water partition coefficient (Wildman–Crippen LogP) is 3.96. The first-order chi connectivity index (χ1) is 9.59. The van der Waals surface area contributed by atoms with Gasteiger partial charge in [0.1, 0.15) is 5.02 Å². The lowest BCUT2D eigenvalue weighted by Crippen LogP contribution is -2.16. The van der Waals surface area contributed by atoms with Crippen LogP contribution in [0.3, 0.4) is 0 Å². The molecule has 0 bridgehead atoms. The minimum Gasteiger partial charge on any atom is -0.420 e. The molecule has 0 aliphatic carbocycles. The Balaban J connectivity index is 2.85. The molecule has 0 unspecified atom stereocenters. The Hall–Kier alpha value is -1.80. The Kier molecular flexibility index (Phi) is 5.56. The Labute approximate surface area is 127 Å². The number of hydrogen-bond donors (Lipinski definition) is 2. The summed E-state index contributed by atoms with van der Waals surface area (Å²) < 4.78 is 42.1. The van der Waals surface area contributed by atoms with Crippen molar-refractivity contribution in [1.29, 1.82) is 5.41 Å². The highest BCUT2D eigenvalue weighted by atomic mass is 35.5. The highest BCUT2D eigenvalue weighted by Crippen LogP contribution is 2.33. The third-order valence-electron chi connectivity index (χ3n) is 1.98. The van der Waals surface area contributed by atoms with Gasteiger partial charge in [-0.3, -0.25) is 10.2 Å². The maximum Gasteiger partial charge on any atom is 0.417 e. The lowest BCUT2D eigenvalue weighted by Gasteiger charge is -2.09. The molecule has 0 aliphatic rings. The molecule has 1 aromatic rings. The number of ether oxygens (including phenoxy) is 1. The molecule has 0 radical (unpaired) electrons. The van der Waals surface area contributed by atoms with Gasteiger partial charge in [0, 0.05) is 18.0 Å². The number of carbonyl (C=O) groups excluding carboxylic acids is 1. The number of pyridine rings is 1. The van der Waals surface area contributed by atoms with Crippen LogP contribution in [-0.2, 0) is 6.18 Å². The lowest BCUT2D eigenvalue weighted by molar-refractivity contribution is -0.137. The van der Waals surface area contributed by atoms with E-state index >= 15 is 0 Å². The van der Waals surface area contributed by atoms with Gasteiger partial charge in [0.25, 0.3) is 0 Å². The number of halogens is 5. The number of rotatable bonds is 3. The summed E-state index contributed by atoms with van der Waals surface area (Å²) in [7, 11) is 0. The molecule has 10 heteroatoms. The van der Waals surface area contributed by atoms with E-state index in [2.05, 4.69) is 10.3 Å². The third kappa shape index (κ3) is 5.60. The summed E-state index contributed by atoms with van der Waals surface area (Å²) in [5.41, 5.74) is -0.837. The highest BCUT2D eigenvalue weighted by Gasteiger charge is 2.31. The summed E-state index contributed by atoms with van der Waals surface area (Å²) in [4.78, 5) is 13.9. The van der Waals surface area contributed by atoms with E-state index in [9.17, 15) is 18.0 Å². The van der Waals surface area contributed by atoms with Crippen LogP contribution in [-0.4, -0.2) is 16.2 Å². The zero-order valence-corrected chi connectivity index (χ0v) is 11.9. The van der Waals surface area contributed by atoms with Crippen molar-refractivity contribution in [1.82, 2.24) is 10.3 Å². The molecule has 5 nitrogen and oxygen atoms in total. The number of hydrogen-bond acceptors (Lipinski definition) is 4. The fourth-order valence-electron chi connectivity index (χ4n) is 1.18. The average molecular weight is 342 g/mol. The largest absolute Gasteiger partial charge is 0.420 e. The zero-order valence-electron chi connectivity index (χ0n) is 10.4. The Bertz CT molecular complexity index is 603. The maximum atomic E-state index is 12.4. The lowest BCUT2D eigenvalue weighted by atomic mass is 10.3. The van der Waals surface area contributed by atoms with Crippen LogP contribution in [0.1, 0.15) is 12.5 Å². The van der Waals surface area contributed by atoms with Gasteiger partial charge in [-0.1, -0.05) is 11.6 Å². The number of amides is 1. The molecule has 114 valence electrons. The first-order valence-electron chi connectivity index (χ1n) is 5.23. The first kappa shape index (κ1) is 17.3. The summed E-state index contributed by atoms with van der Waals surface area (Å²) in [6.45, 7) is 1.43. The number of nitrogens with one attached hydrogen (secondary N) is 2. The molecule has 1 rings (SSSR count). The van der Waals surface area contributed by atoms with Gasteiger partial charge in [-0.15, -0.1) is 0 Å². The van der Waals surface area contributed by atoms with Crippen LogP contribution in [0.2, 0.25) is 5.02 Å². The van der Waals surface area contributed by atoms with Crippen LogP contribution >= 0.6 is 23.2 Å². The second-order valence-corrected chi connectivity index (χ2v) is 4.45. The SMILES string of the molecule is C/C(=C/C(=N)Oc1ncc(C(F)(F)F)cc1Cl)NC(=O)Cl. The van der Waals surface area contributed by atoms with E-state index in [4.69, 9.17) is 33.3 Å². The Morgan fingerprint density at radius 2 is 2.14 bits per heavy atom. The Morgan fingerprint density at radius 3 is 2.62 bits per heavy atom. The molecule has 0 spiro atoms. The van der Waals surface area contributed by atoms with Crippen molar-refractivity contribution in [3.63, 3.8) is 0 Å². The summed E-state index contributed by atoms with van der Waals surface area (Å²) in [6.07, 6.45) is -2.97. The summed E-state index contributed by atoms with van der Waals surface area (Å²) in [5.74, 6) is -0.858. The third-order valence-corrected chi connectivity index (χ3v) is 2.35. The van der Waals surface area contributed by atoms with E-state index in [1.54, 1.807) is 0 Å². The molecule has 1 aromatic heterocycles. The predicted molar refractivity (Wildman–Crippen MR) is 70.7 cm³/mol. The number of alkyl halides is 3. The summed E-state index contributed by atoms with van der Waals surface area (Å²) >= 11 is 10.7. The molecular formula is C11H8Cl2F3N3O2. The quantitative estimate of drug-likeness (QED) is 0.378. The topological polar surface area (TPSA) is 75.1 Å². The molecule has 0 aliphatic heterocycles. The standard InChI is InChI=1S/C11H8Cl2F3N3O2/c1-5(19-10(13)20)2-8(17)21-9-7(12)3-6(4-18-9)11(14,15)16/h2-4,17H,1H3,(H,19,20)/b5-2-,17-8?. The van der Waals surface area contributed by atoms with Crippen molar-refractivity contribution in [3.8, 4) is 5.88 Å². The van der Waals surface area contributed by atoms with Crippen LogP contribution in [0.4, 0.5) is 18.0 Å². The van der Waals surface area contributed by atoms with Crippen LogP contribution in [0.5, 0.6) is 5.88 Å². The van der Waals surface area contributed by atoms with E-state index in [-0.39, 0.29) is 11.6 Å². The van der Waals surface area contributed by atoms with Gasteiger partial charge in [-0.05, 0) is 24.6 Å². The number of aromatic nitrogens is 1. The molecule has 21 heavy (non-hydrogen) atoms. The molecule has 2 N–H and O–H groups in total. The van der Waals surface area contributed by atoms with Crippen molar-refractivity contribution in [2.45, 2.75) is 13.1 Å². The molecule has 1 heterocycles. The fraction of sp³-hybridized carbons (Fsp3) is 0.182. The van der Waals surface area contributed by atoms with Gasteiger partial charge in [0.05, 0.1) is 5.56 Å². The van der Waals surface area contributed by atoms with Gasteiger partial charge < -0.3 is 10.1 Å². The van der Waals surface area contributed by atoms with Gasteiger partial charge in [0.15, 0.2) is 0 Å².